The summed E-state index contributed by atoms with van der Waals surface area (Å²) in [4.78, 5) is 13.0. The summed E-state index contributed by atoms with van der Waals surface area (Å²) < 4.78 is 40.5. The summed E-state index contributed by atoms with van der Waals surface area (Å²) in [5, 5.41) is 4.08. The molecule has 0 saturated carbocycles. The molecule has 4 aromatic carbocycles. The van der Waals surface area contributed by atoms with Gasteiger partial charge in [-0.1, -0.05) is 78.4 Å². The standard InChI is InChI=1S/C32H33N3O5S/c1-3-39-31-20-26(16-19-30(31)40-23-25-10-6-4-7-11-25)22-33-34-32(36)21-29(27-12-8-5-9-13-27)35-41(37,38)28-17-14-24(2)15-18-28/h4-20,22,29,35H,3,21,23H2,1-2H3,(H,34,36)/b33-22-/t29-/m0/s1. The number of ether oxygens (including phenoxy) is 2. The molecule has 1 amide bonds. The van der Waals surface area contributed by atoms with Crippen molar-refractivity contribution in [3.8, 4) is 11.5 Å². The third kappa shape index (κ3) is 8.76. The Labute approximate surface area is 241 Å². The molecule has 0 saturated heterocycles. The predicted molar refractivity (Wildman–Crippen MR) is 159 cm³/mol. The molecule has 0 aliphatic heterocycles. The maximum atomic E-state index is 13.1. The molecule has 0 fully saturated rings. The lowest BCUT2D eigenvalue weighted by atomic mass is 10.0. The first-order chi connectivity index (χ1) is 19.8. The molecule has 41 heavy (non-hydrogen) atoms. The molecular weight excluding hydrogens is 538 g/mol. The molecule has 9 heteroatoms. The smallest absolute Gasteiger partial charge is 0.242 e. The zero-order valence-electron chi connectivity index (χ0n) is 23.0. The van der Waals surface area contributed by atoms with E-state index in [-0.39, 0.29) is 11.3 Å². The highest BCUT2D eigenvalue weighted by Gasteiger charge is 2.23. The zero-order chi connectivity index (χ0) is 29.1. The van der Waals surface area contributed by atoms with Crippen molar-refractivity contribution in [2.45, 2.75) is 37.8 Å². The maximum absolute atomic E-state index is 13.1. The predicted octanol–water partition coefficient (Wildman–Crippen LogP) is 5.53. The molecule has 0 heterocycles. The first-order valence-electron chi connectivity index (χ1n) is 13.2. The summed E-state index contributed by atoms with van der Waals surface area (Å²) in [6, 6.07) is 29.9. The number of carbonyl (C=O) groups is 1. The van der Waals surface area contributed by atoms with Gasteiger partial charge < -0.3 is 9.47 Å². The van der Waals surface area contributed by atoms with E-state index in [1.165, 1.54) is 6.21 Å². The molecule has 0 aliphatic carbocycles. The second kappa shape index (κ2) is 14.2. The van der Waals surface area contributed by atoms with Gasteiger partial charge in [-0.2, -0.15) is 5.10 Å². The van der Waals surface area contributed by atoms with Crippen LogP contribution in [-0.4, -0.2) is 27.1 Å². The summed E-state index contributed by atoms with van der Waals surface area (Å²) in [6.07, 6.45) is 1.35. The lowest BCUT2D eigenvalue weighted by Gasteiger charge is -2.18. The van der Waals surface area contributed by atoms with E-state index in [4.69, 9.17) is 9.47 Å². The van der Waals surface area contributed by atoms with Gasteiger partial charge in [0, 0.05) is 6.42 Å². The zero-order valence-corrected chi connectivity index (χ0v) is 23.8. The summed E-state index contributed by atoms with van der Waals surface area (Å²) >= 11 is 0. The summed E-state index contributed by atoms with van der Waals surface area (Å²) in [5.74, 6) is 0.714. The third-order valence-corrected chi connectivity index (χ3v) is 7.62. The monoisotopic (exact) mass is 571 g/mol. The average Bonchev–Trinajstić information content (AvgIpc) is 2.98. The van der Waals surface area contributed by atoms with E-state index >= 15 is 0 Å². The van der Waals surface area contributed by atoms with Gasteiger partial charge in [-0.3, -0.25) is 4.79 Å². The first-order valence-corrected chi connectivity index (χ1v) is 14.7. The van der Waals surface area contributed by atoms with Crippen LogP contribution in [0.3, 0.4) is 0 Å². The minimum Gasteiger partial charge on any atom is -0.490 e. The van der Waals surface area contributed by atoms with Crippen LogP contribution in [0.5, 0.6) is 11.5 Å². The van der Waals surface area contributed by atoms with Crippen LogP contribution < -0.4 is 19.6 Å². The van der Waals surface area contributed by atoms with Crippen molar-refractivity contribution < 1.29 is 22.7 Å². The quantitative estimate of drug-likeness (QED) is 0.162. The molecular formula is C32H33N3O5S. The molecule has 0 bridgehead atoms. The summed E-state index contributed by atoms with van der Waals surface area (Å²) in [5.41, 5.74) is 5.85. The summed E-state index contributed by atoms with van der Waals surface area (Å²) in [7, 11) is -3.86. The Hall–Kier alpha value is -4.47. The number of nitrogens with one attached hydrogen (secondary N) is 2. The van der Waals surface area contributed by atoms with E-state index in [0.29, 0.717) is 35.8 Å². The van der Waals surface area contributed by atoms with Crippen LogP contribution in [-0.2, 0) is 21.4 Å². The molecule has 0 spiro atoms. The van der Waals surface area contributed by atoms with E-state index in [1.54, 1.807) is 66.7 Å². The van der Waals surface area contributed by atoms with E-state index in [2.05, 4.69) is 15.2 Å². The number of rotatable bonds is 13. The minimum atomic E-state index is -3.86. The SMILES string of the molecule is CCOc1cc(/C=N\NC(=O)C[C@H](NS(=O)(=O)c2ccc(C)cc2)c2ccccc2)ccc1OCc1ccccc1. The van der Waals surface area contributed by atoms with Crippen molar-refractivity contribution in [2.24, 2.45) is 5.10 Å². The number of carbonyl (C=O) groups excluding carboxylic acids is 1. The Kier molecular flexibility index (Phi) is 10.3. The van der Waals surface area contributed by atoms with Gasteiger partial charge >= 0.3 is 0 Å². The molecule has 0 aromatic heterocycles. The number of amides is 1. The largest absolute Gasteiger partial charge is 0.490 e. The van der Waals surface area contributed by atoms with Gasteiger partial charge in [0.2, 0.25) is 15.9 Å². The van der Waals surface area contributed by atoms with Crippen molar-refractivity contribution in [1.82, 2.24) is 10.1 Å². The highest BCUT2D eigenvalue weighted by molar-refractivity contribution is 7.89. The van der Waals surface area contributed by atoms with Crippen LogP contribution in [0.15, 0.2) is 113 Å². The highest BCUT2D eigenvalue weighted by atomic mass is 32.2. The van der Waals surface area contributed by atoms with Crippen LogP contribution in [0.4, 0.5) is 0 Å². The number of hydrogen-bond donors (Lipinski definition) is 2. The number of hydrazone groups is 1. The topological polar surface area (TPSA) is 106 Å². The van der Waals surface area contributed by atoms with Crippen molar-refractivity contribution in [3.05, 3.63) is 125 Å². The molecule has 8 nitrogen and oxygen atoms in total. The Bertz CT molecular complexity index is 1560. The molecule has 4 rings (SSSR count). The second-order valence-electron chi connectivity index (χ2n) is 9.31. The molecule has 2 N–H and O–H groups in total. The Morgan fingerprint density at radius 2 is 1.56 bits per heavy atom. The van der Waals surface area contributed by atoms with Crippen LogP contribution >= 0.6 is 0 Å². The Balaban J connectivity index is 1.41. The lowest BCUT2D eigenvalue weighted by molar-refractivity contribution is -0.121. The van der Waals surface area contributed by atoms with Gasteiger partial charge in [0.05, 0.1) is 23.8 Å². The minimum absolute atomic E-state index is 0.128. The molecule has 0 radical (unpaired) electrons. The van der Waals surface area contributed by atoms with E-state index in [9.17, 15) is 13.2 Å². The molecule has 0 aliphatic rings. The van der Waals surface area contributed by atoms with E-state index < -0.39 is 22.0 Å². The van der Waals surface area contributed by atoms with Gasteiger partial charge in [0.15, 0.2) is 11.5 Å². The molecule has 1 atom stereocenters. The van der Waals surface area contributed by atoms with Crippen LogP contribution in [0.1, 0.15) is 41.6 Å². The number of aryl methyl sites for hydroxylation is 1. The van der Waals surface area contributed by atoms with Crippen LogP contribution in [0.25, 0.3) is 0 Å². The number of hydrogen-bond acceptors (Lipinski definition) is 6. The number of benzene rings is 4. The van der Waals surface area contributed by atoms with E-state index in [0.717, 1.165) is 11.1 Å². The Morgan fingerprint density at radius 3 is 2.24 bits per heavy atom. The molecule has 4 aromatic rings. The second-order valence-corrected chi connectivity index (χ2v) is 11.0. The molecule has 212 valence electrons. The number of sulfonamides is 1. The Morgan fingerprint density at radius 1 is 0.878 bits per heavy atom. The van der Waals surface area contributed by atoms with Gasteiger partial charge in [-0.15, -0.1) is 0 Å². The normalized spacial score (nSPS) is 12.1. The van der Waals surface area contributed by atoms with Gasteiger partial charge in [-0.05, 0) is 60.9 Å². The van der Waals surface area contributed by atoms with Crippen molar-refractivity contribution in [1.29, 1.82) is 0 Å². The van der Waals surface area contributed by atoms with Gasteiger partial charge in [0.1, 0.15) is 6.61 Å². The first kappa shape index (κ1) is 29.5. The van der Waals surface area contributed by atoms with Gasteiger partial charge in [0.25, 0.3) is 0 Å². The fourth-order valence-electron chi connectivity index (χ4n) is 4.02. The number of nitrogens with zero attached hydrogens (tertiary/aromatic N) is 1. The van der Waals surface area contributed by atoms with Crippen molar-refractivity contribution in [2.75, 3.05) is 6.61 Å². The lowest BCUT2D eigenvalue weighted by Crippen LogP contribution is -2.32. The van der Waals surface area contributed by atoms with Gasteiger partial charge in [-0.25, -0.2) is 18.6 Å². The van der Waals surface area contributed by atoms with Crippen LogP contribution in [0, 0.1) is 6.92 Å². The molecule has 0 unspecified atom stereocenters. The van der Waals surface area contributed by atoms with Crippen molar-refractivity contribution >= 4 is 22.1 Å². The average molecular weight is 572 g/mol. The fraction of sp³-hybridized carbons (Fsp3) is 0.188. The highest BCUT2D eigenvalue weighted by Crippen LogP contribution is 2.29. The van der Waals surface area contributed by atoms with Crippen molar-refractivity contribution in [3.63, 3.8) is 0 Å². The summed E-state index contributed by atoms with van der Waals surface area (Å²) in [6.45, 7) is 4.63. The van der Waals surface area contributed by atoms with Crippen LogP contribution in [0.2, 0.25) is 0 Å². The maximum Gasteiger partial charge on any atom is 0.242 e. The third-order valence-electron chi connectivity index (χ3n) is 6.13. The van der Waals surface area contributed by atoms with E-state index in [1.807, 2.05) is 50.2 Å². The fourth-order valence-corrected chi connectivity index (χ4v) is 5.25.